The molecule has 0 N–H and O–H groups in total. The summed E-state index contributed by atoms with van der Waals surface area (Å²) in [6.07, 6.45) is 3.31. The first-order chi connectivity index (χ1) is 14.5. The zero-order valence-corrected chi connectivity index (χ0v) is 18.3. The lowest BCUT2D eigenvalue weighted by Crippen LogP contribution is -2.49. The van der Waals surface area contributed by atoms with Gasteiger partial charge in [-0.2, -0.15) is 4.31 Å². The summed E-state index contributed by atoms with van der Waals surface area (Å²) in [5.41, 5.74) is 0. The van der Waals surface area contributed by atoms with Crippen LogP contribution in [0.3, 0.4) is 0 Å². The highest BCUT2D eigenvalue weighted by atomic mass is 32.2. The van der Waals surface area contributed by atoms with Gasteiger partial charge in [0.25, 0.3) is 0 Å². The van der Waals surface area contributed by atoms with Gasteiger partial charge < -0.3 is 9.64 Å². The number of hydrogen-bond donors (Lipinski definition) is 0. The van der Waals surface area contributed by atoms with Crippen LogP contribution in [0.25, 0.3) is 10.8 Å². The number of ether oxygens (including phenoxy) is 1. The molecule has 6 nitrogen and oxygen atoms in total. The van der Waals surface area contributed by atoms with E-state index >= 15 is 0 Å². The van der Waals surface area contributed by atoms with E-state index in [1.807, 2.05) is 43.3 Å². The first kappa shape index (κ1) is 21.3. The number of sulfonamides is 1. The Bertz CT molecular complexity index is 986. The van der Waals surface area contributed by atoms with Gasteiger partial charge in [0, 0.05) is 24.5 Å². The van der Waals surface area contributed by atoms with Gasteiger partial charge in [-0.05, 0) is 57.1 Å². The molecule has 0 radical (unpaired) electrons. The van der Waals surface area contributed by atoms with Crippen molar-refractivity contribution in [3.8, 4) is 0 Å². The molecule has 0 aliphatic carbocycles. The fourth-order valence-electron chi connectivity index (χ4n) is 4.77. The molecule has 2 aliphatic rings. The quantitative estimate of drug-likeness (QED) is 0.681. The Hall–Kier alpha value is -1.96. The molecule has 0 bridgehead atoms. The highest BCUT2D eigenvalue weighted by Gasteiger charge is 2.34. The lowest BCUT2D eigenvalue weighted by atomic mass is 9.94. The van der Waals surface area contributed by atoms with Crippen LogP contribution in [0.1, 0.15) is 32.6 Å². The summed E-state index contributed by atoms with van der Waals surface area (Å²) in [6, 6.07) is 13.5. The summed E-state index contributed by atoms with van der Waals surface area (Å²) in [5.74, 6) is -0.0684. The number of esters is 1. The van der Waals surface area contributed by atoms with E-state index in [9.17, 15) is 13.2 Å². The smallest absolute Gasteiger partial charge is 0.309 e. The molecule has 30 heavy (non-hydrogen) atoms. The van der Waals surface area contributed by atoms with Crippen LogP contribution in [0.15, 0.2) is 47.4 Å². The Balaban J connectivity index is 1.38. The van der Waals surface area contributed by atoms with Gasteiger partial charge in [0.1, 0.15) is 0 Å². The molecule has 2 aliphatic heterocycles. The molecule has 0 atom stereocenters. The van der Waals surface area contributed by atoms with Crippen LogP contribution in [-0.2, 0) is 19.6 Å². The number of likely N-dealkylation sites (tertiary alicyclic amines) is 1. The zero-order valence-electron chi connectivity index (χ0n) is 17.5. The summed E-state index contributed by atoms with van der Waals surface area (Å²) in [5, 5.41) is 1.72. The Labute approximate surface area is 178 Å². The largest absolute Gasteiger partial charge is 0.466 e. The van der Waals surface area contributed by atoms with E-state index in [0.29, 0.717) is 30.6 Å². The average molecular weight is 431 g/mol. The van der Waals surface area contributed by atoms with E-state index in [-0.39, 0.29) is 11.9 Å². The molecule has 2 fully saturated rings. The fourth-order valence-corrected chi connectivity index (χ4v) is 6.45. The van der Waals surface area contributed by atoms with Gasteiger partial charge in [-0.25, -0.2) is 8.42 Å². The Morgan fingerprint density at radius 2 is 1.63 bits per heavy atom. The maximum absolute atomic E-state index is 13.3. The Kier molecular flexibility index (Phi) is 6.41. The van der Waals surface area contributed by atoms with Crippen molar-refractivity contribution in [3.63, 3.8) is 0 Å². The van der Waals surface area contributed by atoms with Crippen LogP contribution in [-0.4, -0.2) is 62.4 Å². The number of carbonyl (C=O) groups excluding carboxylic acids is 1. The summed E-state index contributed by atoms with van der Waals surface area (Å²) in [4.78, 5) is 14.8. The third-order valence-corrected chi connectivity index (χ3v) is 8.41. The van der Waals surface area contributed by atoms with E-state index in [1.165, 1.54) is 0 Å². The molecule has 7 heteroatoms. The van der Waals surface area contributed by atoms with Crippen LogP contribution in [0.2, 0.25) is 0 Å². The Morgan fingerprint density at radius 3 is 2.33 bits per heavy atom. The number of rotatable bonds is 5. The lowest BCUT2D eigenvalue weighted by molar-refractivity contribution is -0.149. The van der Waals surface area contributed by atoms with E-state index in [0.717, 1.165) is 49.5 Å². The van der Waals surface area contributed by atoms with Gasteiger partial charge in [0.2, 0.25) is 10.0 Å². The molecule has 0 unspecified atom stereocenters. The van der Waals surface area contributed by atoms with E-state index in [2.05, 4.69) is 4.90 Å². The number of carbonyl (C=O) groups is 1. The predicted molar refractivity (Wildman–Crippen MR) is 117 cm³/mol. The number of nitrogens with zero attached hydrogens (tertiary/aromatic N) is 2. The molecular weight excluding hydrogens is 400 g/mol. The molecule has 162 valence electrons. The fraction of sp³-hybridized carbons (Fsp3) is 0.522. The SMILES string of the molecule is CCOC(=O)C1CCN(C2CCN(S(=O)(=O)c3cccc4ccccc34)CC2)CC1. The Morgan fingerprint density at radius 1 is 0.967 bits per heavy atom. The van der Waals surface area contributed by atoms with Gasteiger partial charge in [-0.1, -0.05) is 36.4 Å². The molecular formula is C23H30N2O4S. The van der Waals surface area contributed by atoms with Gasteiger partial charge in [0.05, 0.1) is 17.4 Å². The van der Waals surface area contributed by atoms with Crippen LogP contribution in [0, 0.1) is 5.92 Å². The third-order valence-electron chi connectivity index (χ3n) is 6.46. The molecule has 2 saturated heterocycles. The van der Waals surface area contributed by atoms with Crippen molar-refractivity contribution in [2.24, 2.45) is 5.92 Å². The van der Waals surface area contributed by atoms with Crippen molar-refractivity contribution in [2.75, 3.05) is 32.8 Å². The van der Waals surface area contributed by atoms with Gasteiger partial charge in [0.15, 0.2) is 0 Å². The van der Waals surface area contributed by atoms with E-state index in [4.69, 9.17) is 4.74 Å². The van der Waals surface area contributed by atoms with Gasteiger partial charge in [-0.15, -0.1) is 0 Å². The second-order valence-corrected chi connectivity index (χ2v) is 10.1. The molecule has 2 aromatic rings. The molecule has 0 saturated carbocycles. The second-order valence-electron chi connectivity index (χ2n) is 8.17. The minimum atomic E-state index is -3.52. The molecule has 0 amide bonds. The van der Waals surface area contributed by atoms with Crippen LogP contribution >= 0.6 is 0 Å². The number of hydrogen-bond acceptors (Lipinski definition) is 5. The molecule has 2 aromatic carbocycles. The van der Waals surface area contributed by atoms with Crippen molar-refractivity contribution in [1.82, 2.24) is 9.21 Å². The highest BCUT2D eigenvalue weighted by molar-refractivity contribution is 7.89. The molecule has 2 heterocycles. The zero-order chi connectivity index (χ0) is 21.1. The summed E-state index contributed by atoms with van der Waals surface area (Å²) in [7, 11) is -3.52. The predicted octanol–water partition coefficient (Wildman–Crippen LogP) is 3.27. The average Bonchev–Trinajstić information content (AvgIpc) is 2.79. The van der Waals surface area contributed by atoms with Gasteiger partial charge >= 0.3 is 5.97 Å². The first-order valence-corrected chi connectivity index (χ1v) is 12.3. The monoisotopic (exact) mass is 430 g/mol. The van der Waals surface area contributed by atoms with Crippen molar-refractivity contribution in [2.45, 2.75) is 43.5 Å². The van der Waals surface area contributed by atoms with Crippen molar-refractivity contribution in [1.29, 1.82) is 0 Å². The molecule has 0 spiro atoms. The number of benzene rings is 2. The number of piperidine rings is 2. The number of fused-ring (bicyclic) bond motifs is 1. The third kappa shape index (κ3) is 4.24. The first-order valence-electron chi connectivity index (χ1n) is 10.9. The van der Waals surface area contributed by atoms with Gasteiger partial charge in [-0.3, -0.25) is 4.79 Å². The standard InChI is InChI=1S/C23H30N2O4S/c1-2-29-23(26)19-10-14-24(15-11-19)20-12-16-25(17-13-20)30(27,28)22-9-5-7-18-6-3-4-8-21(18)22/h3-9,19-20H,2,10-17H2,1H3. The normalized spacial score (nSPS) is 20.4. The second kappa shape index (κ2) is 9.04. The minimum Gasteiger partial charge on any atom is -0.466 e. The van der Waals surface area contributed by atoms with Crippen molar-refractivity contribution < 1.29 is 17.9 Å². The summed E-state index contributed by atoms with van der Waals surface area (Å²) in [6.45, 7) is 5.10. The summed E-state index contributed by atoms with van der Waals surface area (Å²) >= 11 is 0. The molecule has 0 aromatic heterocycles. The molecule has 4 rings (SSSR count). The minimum absolute atomic E-state index is 0.00743. The maximum atomic E-state index is 13.3. The van der Waals surface area contributed by atoms with Crippen LogP contribution < -0.4 is 0 Å². The lowest BCUT2D eigenvalue weighted by Gasteiger charge is -2.41. The van der Waals surface area contributed by atoms with Crippen LogP contribution in [0.4, 0.5) is 0 Å². The topological polar surface area (TPSA) is 66.9 Å². The van der Waals surface area contributed by atoms with E-state index < -0.39 is 10.0 Å². The summed E-state index contributed by atoms with van der Waals surface area (Å²) < 4.78 is 33.4. The van der Waals surface area contributed by atoms with Crippen molar-refractivity contribution >= 4 is 26.8 Å². The van der Waals surface area contributed by atoms with Crippen LogP contribution in [0.5, 0.6) is 0 Å². The highest BCUT2D eigenvalue weighted by Crippen LogP contribution is 2.30. The van der Waals surface area contributed by atoms with Crippen molar-refractivity contribution in [3.05, 3.63) is 42.5 Å². The maximum Gasteiger partial charge on any atom is 0.309 e. The van der Waals surface area contributed by atoms with E-state index in [1.54, 1.807) is 10.4 Å².